The zero-order valence-electron chi connectivity index (χ0n) is 21.7. The minimum Gasteiger partial charge on any atom is -0.341 e. The maximum Gasteiger partial charge on any atom is 0.416 e. The molecular weight excluding hydrogens is 619 g/mol. The summed E-state index contributed by atoms with van der Waals surface area (Å²) in [5.41, 5.74) is -1.27. The van der Waals surface area contributed by atoms with Gasteiger partial charge in [-0.2, -0.15) is 13.2 Å². The van der Waals surface area contributed by atoms with E-state index in [0.29, 0.717) is 17.7 Å². The van der Waals surface area contributed by atoms with Crippen LogP contribution in [0.1, 0.15) is 55.7 Å². The lowest BCUT2D eigenvalue weighted by atomic mass is 9.93. The monoisotopic (exact) mass is 633 g/mol. The van der Waals surface area contributed by atoms with Gasteiger partial charge in [0.15, 0.2) is 5.65 Å². The van der Waals surface area contributed by atoms with Crippen LogP contribution in [0.2, 0.25) is 5.02 Å². The van der Waals surface area contributed by atoms with E-state index in [9.17, 15) is 40.3 Å². The van der Waals surface area contributed by atoms with Crippen molar-refractivity contribution in [3.63, 3.8) is 0 Å². The fourth-order valence-electron chi connectivity index (χ4n) is 4.91. The molecule has 0 unspecified atom stereocenters. The molecule has 0 saturated carbocycles. The third-order valence-electron chi connectivity index (χ3n) is 6.87. The molecule has 5 aromatic rings. The number of hydrogen-bond acceptors (Lipinski definition) is 4. The van der Waals surface area contributed by atoms with Gasteiger partial charge < -0.3 is 10.6 Å². The SMILES string of the molecule is O=C(Nc1cc(-c2ccc3nc(C(F)F)nn3c2)cc2c1[C@H](c1cc(F)ccc1Cl)NC2=O)c1cc(F)cc(C(F)(F)F)c1. The number of carbonyl (C=O) groups is 2. The molecule has 3 aromatic carbocycles. The Morgan fingerprint density at radius 2 is 1.75 bits per heavy atom. The van der Waals surface area contributed by atoms with Crippen LogP contribution in [0, 0.1) is 11.6 Å². The largest absolute Gasteiger partial charge is 0.416 e. The number of nitrogens with zero attached hydrogens (tertiary/aromatic N) is 3. The van der Waals surface area contributed by atoms with E-state index in [4.69, 9.17) is 11.6 Å². The zero-order valence-corrected chi connectivity index (χ0v) is 22.4. The van der Waals surface area contributed by atoms with Gasteiger partial charge in [0.25, 0.3) is 18.2 Å². The first kappa shape index (κ1) is 29.1. The van der Waals surface area contributed by atoms with E-state index < -0.39 is 59.0 Å². The van der Waals surface area contributed by atoms with Crippen LogP contribution in [0.5, 0.6) is 0 Å². The molecule has 0 fully saturated rings. The number of benzene rings is 3. The number of pyridine rings is 1. The molecule has 6 rings (SSSR count). The van der Waals surface area contributed by atoms with Gasteiger partial charge in [-0.15, -0.1) is 5.10 Å². The molecule has 2 N–H and O–H groups in total. The first-order valence-corrected chi connectivity index (χ1v) is 12.9. The lowest BCUT2D eigenvalue weighted by molar-refractivity contribution is -0.137. The highest BCUT2D eigenvalue weighted by Gasteiger charge is 2.36. The maximum atomic E-state index is 14.2. The van der Waals surface area contributed by atoms with Gasteiger partial charge in [-0.1, -0.05) is 11.6 Å². The van der Waals surface area contributed by atoms with Crippen LogP contribution >= 0.6 is 11.6 Å². The van der Waals surface area contributed by atoms with Gasteiger partial charge in [0, 0.05) is 44.7 Å². The van der Waals surface area contributed by atoms with E-state index in [1.807, 2.05) is 0 Å². The van der Waals surface area contributed by atoms with Crippen molar-refractivity contribution in [2.24, 2.45) is 0 Å². The molecule has 0 aliphatic carbocycles. The number of amides is 2. The Balaban J connectivity index is 1.50. The fourth-order valence-corrected chi connectivity index (χ4v) is 5.14. The lowest BCUT2D eigenvalue weighted by Crippen LogP contribution is -2.21. The molecule has 44 heavy (non-hydrogen) atoms. The summed E-state index contributed by atoms with van der Waals surface area (Å²) in [5, 5.41) is 8.91. The maximum absolute atomic E-state index is 14.2. The molecule has 0 bridgehead atoms. The van der Waals surface area contributed by atoms with E-state index in [1.54, 1.807) is 0 Å². The van der Waals surface area contributed by atoms with Gasteiger partial charge in [-0.25, -0.2) is 27.1 Å². The summed E-state index contributed by atoms with van der Waals surface area (Å²) in [5.74, 6) is -4.51. The highest BCUT2D eigenvalue weighted by atomic mass is 35.5. The zero-order chi connectivity index (χ0) is 31.5. The Labute approximate surface area is 247 Å². The predicted molar refractivity (Wildman–Crippen MR) is 143 cm³/mol. The van der Waals surface area contributed by atoms with Gasteiger partial charge in [0.2, 0.25) is 5.82 Å². The van der Waals surface area contributed by atoms with Crippen molar-refractivity contribution in [2.75, 3.05) is 5.32 Å². The van der Waals surface area contributed by atoms with Gasteiger partial charge in [-0.3, -0.25) is 9.59 Å². The second kappa shape index (κ2) is 10.6. The van der Waals surface area contributed by atoms with Crippen molar-refractivity contribution in [1.82, 2.24) is 19.9 Å². The molecule has 1 atom stereocenters. The second-order valence-electron chi connectivity index (χ2n) is 9.73. The van der Waals surface area contributed by atoms with Gasteiger partial charge >= 0.3 is 6.18 Å². The smallest absolute Gasteiger partial charge is 0.341 e. The normalized spacial score (nSPS) is 14.7. The predicted octanol–water partition coefficient (Wildman–Crippen LogP) is 7.37. The number of alkyl halides is 5. The topological polar surface area (TPSA) is 88.4 Å². The van der Waals surface area contributed by atoms with Crippen LogP contribution in [0.25, 0.3) is 16.8 Å². The van der Waals surface area contributed by atoms with E-state index >= 15 is 0 Å². The lowest BCUT2D eigenvalue weighted by Gasteiger charge is -2.19. The number of halogens is 8. The number of rotatable bonds is 5. The van der Waals surface area contributed by atoms with E-state index in [0.717, 1.165) is 16.6 Å². The minimum atomic E-state index is -4.95. The number of hydrogen-bond donors (Lipinski definition) is 2. The minimum absolute atomic E-state index is 0.00897. The number of fused-ring (bicyclic) bond motifs is 2. The summed E-state index contributed by atoms with van der Waals surface area (Å²) in [4.78, 5) is 30.2. The number of nitrogens with one attached hydrogen (secondary N) is 2. The Morgan fingerprint density at radius 3 is 2.48 bits per heavy atom. The van der Waals surface area contributed by atoms with Crippen LogP contribution in [-0.4, -0.2) is 26.4 Å². The summed E-state index contributed by atoms with van der Waals surface area (Å²) in [6.45, 7) is 0. The average Bonchev–Trinajstić information content (AvgIpc) is 3.54. The highest BCUT2D eigenvalue weighted by molar-refractivity contribution is 6.31. The number of anilines is 1. The molecule has 1 aliphatic rings. The molecule has 7 nitrogen and oxygen atoms in total. The van der Waals surface area contributed by atoms with Gasteiger partial charge in [-0.05, 0) is 66.2 Å². The van der Waals surface area contributed by atoms with Gasteiger partial charge in [0.05, 0.1) is 11.6 Å². The number of aromatic nitrogens is 3. The van der Waals surface area contributed by atoms with Crippen LogP contribution in [0.15, 0.2) is 66.9 Å². The van der Waals surface area contributed by atoms with Crippen LogP contribution in [0.3, 0.4) is 0 Å². The van der Waals surface area contributed by atoms with Crippen LogP contribution < -0.4 is 10.6 Å². The molecule has 2 aromatic heterocycles. The standard InChI is InChI=1S/C29H15ClF7N5O2/c30-20-3-2-16(31)10-18(20)24-23-19(28(44)40-24)7-13(12-1-4-22-39-26(25(33)34)41-42(22)11-12)8-21(23)38-27(43)14-5-15(29(35,36)37)9-17(32)6-14/h1-11,24-25H,(H,38,43)(H,40,44)/t24-/m0/s1. The molecule has 15 heteroatoms. The molecule has 224 valence electrons. The van der Waals surface area contributed by atoms with Crippen molar-refractivity contribution in [3.05, 3.63) is 117 Å². The van der Waals surface area contributed by atoms with Crippen molar-refractivity contribution in [1.29, 1.82) is 0 Å². The molecular formula is C29H15ClF7N5O2. The highest BCUT2D eigenvalue weighted by Crippen LogP contribution is 2.42. The van der Waals surface area contributed by atoms with Crippen LogP contribution in [-0.2, 0) is 6.18 Å². The molecule has 0 saturated heterocycles. The van der Waals surface area contributed by atoms with Crippen molar-refractivity contribution in [2.45, 2.75) is 18.6 Å². The summed E-state index contributed by atoms with van der Waals surface area (Å²) < 4.78 is 95.7. The third kappa shape index (κ3) is 5.32. The first-order chi connectivity index (χ1) is 20.8. The van der Waals surface area contributed by atoms with E-state index in [-0.39, 0.29) is 44.7 Å². The van der Waals surface area contributed by atoms with Crippen molar-refractivity contribution < 1.29 is 40.3 Å². The Kier molecular flexibility index (Phi) is 7.03. The van der Waals surface area contributed by atoms with E-state index in [2.05, 4.69) is 20.7 Å². The summed E-state index contributed by atoms with van der Waals surface area (Å²) in [6, 6.07) is 9.30. The van der Waals surface area contributed by atoms with Crippen LogP contribution in [0.4, 0.5) is 36.4 Å². The quantitative estimate of drug-likeness (QED) is 0.198. The van der Waals surface area contributed by atoms with Gasteiger partial charge in [0.1, 0.15) is 11.6 Å². The average molecular weight is 634 g/mol. The summed E-state index contributed by atoms with van der Waals surface area (Å²) in [6.07, 6.45) is -6.54. The molecule has 0 radical (unpaired) electrons. The Morgan fingerprint density at radius 1 is 0.977 bits per heavy atom. The summed E-state index contributed by atoms with van der Waals surface area (Å²) in [7, 11) is 0. The third-order valence-corrected chi connectivity index (χ3v) is 7.21. The first-order valence-electron chi connectivity index (χ1n) is 12.6. The Bertz CT molecular complexity index is 1990. The second-order valence-corrected chi connectivity index (χ2v) is 10.1. The fraction of sp³-hybridized carbons (Fsp3) is 0.103. The molecule has 3 heterocycles. The van der Waals surface area contributed by atoms with Crippen molar-refractivity contribution >= 4 is 34.7 Å². The van der Waals surface area contributed by atoms with Crippen molar-refractivity contribution in [3.8, 4) is 11.1 Å². The number of carbonyl (C=O) groups excluding carboxylic acids is 2. The molecule has 0 spiro atoms. The molecule has 1 aliphatic heterocycles. The molecule has 2 amide bonds. The Hall–Kier alpha value is -4.98. The summed E-state index contributed by atoms with van der Waals surface area (Å²) >= 11 is 6.31. The van der Waals surface area contributed by atoms with E-state index in [1.165, 1.54) is 36.5 Å².